The summed E-state index contributed by atoms with van der Waals surface area (Å²) in [4.78, 5) is -8.66. The van der Waals surface area contributed by atoms with E-state index in [0.29, 0.717) is 0 Å². The van der Waals surface area contributed by atoms with E-state index in [0.717, 1.165) is 24.3 Å². The summed E-state index contributed by atoms with van der Waals surface area (Å²) in [5.74, 6) is -29.5. The maximum absolute atomic E-state index is 15.2. The number of fused-ring (bicyclic) bond motifs is 1. The maximum Gasteiger partial charge on any atom is 0.316 e. The van der Waals surface area contributed by atoms with Crippen LogP contribution in [-0.2, 0) is 0 Å². The second-order valence-electron chi connectivity index (χ2n) is 7.87. The zero-order valence-electron chi connectivity index (χ0n) is 18.2. The maximum atomic E-state index is 15.2. The highest BCUT2D eigenvalue weighted by Crippen LogP contribution is 3.02. The molecule has 0 unspecified atom stereocenters. The third kappa shape index (κ3) is 4.55. The third-order valence-corrected chi connectivity index (χ3v) is 7.56. The average Bonchev–Trinajstić information content (AvgIpc) is 2.84. The molecule has 0 atom stereocenters. The van der Waals surface area contributed by atoms with Crippen molar-refractivity contribution in [3.63, 3.8) is 0 Å². The molecule has 0 aliphatic carbocycles. The Morgan fingerprint density at radius 3 is 1.35 bits per heavy atom. The van der Waals surface area contributed by atoms with E-state index < -0.39 is 122 Å². The molecule has 0 aliphatic heterocycles. The van der Waals surface area contributed by atoms with Gasteiger partial charge in [-0.15, -0.1) is 0 Å². The van der Waals surface area contributed by atoms with Gasteiger partial charge < -0.3 is 5.11 Å². The molecule has 0 aromatic heterocycles. The van der Waals surface area contributed by atoms with Gasteiger partial charge in [0.15, 0.2) is 63.1 Å². The smallest absolute Gasteiger partial charge is 0.316 e. The number of aromatic hydroxyl groups is 1. The standard InChI is InChI=1S/C22H5F15OS2/c23-10-7(5-1-3-6(38)4-2-5)8-9(12(25)14(27)13(26)11(8)24)20(15(10)28)39-21-16(29)18(31)22(19(32)17(21)30)40(33,34,35,36)37/h1-4,38H. The Morgan fingerprint density at radius 2 is 0.900 bits per heavy atom. The van der Waals surface area contributed by atoms with Gasteiger partial charge in [-0.3, -0.25) is 0 Å². The quantitative estimate of drug-likeness (QED) is 0.137. The first-order chi connectivity index (χ1) is 18.1. The zero-order valence-corrected chi connectivity index (χ0v) is 19.9. The molecule has 0 heterocycles. The SMILES string of the molecule is Oc1ccc(-c2c(F)c(F)c(Sc3c(F)c(F)c(S(F)(F)(F)(F)F)c(F)c3F)c3c(F)c(F)c(F)c(F)c23)cc1. The van der Waals surface area contributed by atoms with E-state index >= 15 is 8.78 Å². The molecule has 1 nitrogen and oxygen atoms in total. The first-order valence-electron chi connectivity index (χ1n) is 9.82. The second-order valence-corrected chi connectivity index (χ2v) is 11.2. The highest BCUT2D eigenvalue weighted by molar-refractivity contribution is 8.45. The summed E-state index contributed by atoms with van der Waals surface area (Å²) in [5.41, 5.74) is -1.99. The molecule has 0 aliphatic rings. The summed E-state index contributed by atoms with van der Waals surface area (Å²) >= 11 is -1.18. The van der Waals surface area contributed by atoms with Crippen molar-refractivity contribution in [3.8, 4) is 16.9 Å². The molecular weight excluding hydrogens is 629 g/mol. The number of phenols is 1. The van der Waals surface area contributed by atoms with E-state index in [1.807, 2.05) is 0 Å². The van der Waals surface area contributed by atoms with Gasteiger partial charge in [0, 0.05) is 16.3 Å². The monoisotopic (exact) mass is 634 g/mol. The van der Waals surface area contributed by atoms with Crippen LogP contribution in [0.15, 0.2) is 39.0 Å². The molecule has 18 heteroatoms. The number of hydrogen-bond acceptors (Lipinski definition) is 2. The van der Waals surface area contributed by atoms with Gasteiger partial charge in [-0.1, -0.05) is 43.3 Å². The summed E-state index contributed by atoms with van der Waals surface area (Å²) < 4.78 is 210. The summed E-state index contributed by atoms with van der Waals surface area (Å²) in [6.45, 7) is 0. The first kappa shape index (κ1) is 29.6. The topological polar surface area (TPSA) is 20.2 Å². The zero-order chi connectivity index (χ0) is 30.3. The van der Waals surface area contributed by atoms with Crippen LogP contribution in [0.25, 0.3) is 21.9 Å². The predicted molar refractivity (Wildman–Crippen MR) is 113 cm³/mol. The highest BCUT2D eigenvalue weighted by Gasteiger charge is 2.70. The van der Waals surface area contributed by atoms with Crippen molar-refractivity contribution >= 4 is 32.8 Å². The molecule has 0 amide bonds. The van der Waals surface area contributed by atoms with Gasteiger partial charge in [-0.05, 0) is 17.7 Å². The highest BCUT2D eigenvalue weighted by atomic mass is 32.5. The number of rotatable bonds is 4. The minimum absolute atomic E-state index is 0.505. The van der Waals surface area contributed by atoms with Crippen molar-refractivity contribution in [1.29, 1.82) is 0 Å². The lowest BCUT2D eigenvalue weighted by Gasteiger charge is -2.40. The fraction of sp³-hybridized carbons (Fsp3) is 0. The van der Waals surface area contributed by atoms with Crippen LogP contribution < -0.4 is 0 Å². The van der Waals surface area contributed by atoms with E-state index in [-0.39, 0.29) is 0 Å². The van der Waals surface area contributed by atoms with Crippen molar-refractivity contribution in [2.45, 2.75) is 14.7 Å². The molecule has 4 rings (SSSR count). The van der Waals surface area contributed by atoms with Gasteiger partial charge in [0.2, 0.25) is 0 Å². The Balaban J connectivity index is 2.15. The summed E-state index contributed by atoms with van der Waals surface area (Å²) in [6.07, 6.45) is 0. The Kier molecular flexibility index (Phi) is 6.32. The van der Waals surface area contributed by atoms with Crippen molar-refractivity contribution in [3.05, 3.63) is 82.4 Å². The number of hydrogen-bond donors (Lipinski definition) is 1. The Morgan fingerprint density at radius 1 is 0.475 bits per heavy atom. The van der Waals surface area contributed by atoms with Gasteiger partial charge >= 0.3 is 10.2 Å². The minimum Gasteiger partial charge on any atom is -0.508 e. The summed E-state index contributed by atoms with van der Waals surface area (Å²) in [5, 5.41) is 5.86. The fourth-order valence-corrected chi connectivity index (χ4v) is 5.52. The van der Waals surface area contributed by atoms with E-state index in [1.165, 1.54) is 0 Å². The molecule has 0 fully saturated rings. The van der Waals surface area contributed by atoms with Crippen LogP contribution in [-0.4, -0.2) is 5.11 Å². The van der Waals surface area contributed by atoms with Crippen LogP contribution in [0.5, 0.6) is 5.75 Å². The average molecular weight is 634 g/mol. The molecule has 0 bridgehead atoms. The molecule has 1 N–H and O–H groups in total. The Bertz CT molecular complexity index is 1720. The van der Waals surface area contributed by atoms with E-state index in [4.69, 9.17) is 0 Å². The Hall–Kier alpha value is -3.41. The molecule has 0 saturated carbocycles. The summed E-state index contributed by atoms with van der Waals surface area (Å²) in [7, 11) is -11.5. The molecule has 4 aromatic carbocycles. The molecule has 40 heavy (non-hydrogen) atoms. The largest absolute Gasteiger partial charge is 0.508 e. The lowest BCUT2D eigenvalue weighted by molar-refractivity contribution is 0.323. The second kappa shape index (κ2) is 8.55. The molecule has 0 spiro atoms. The Labute approximate surface area is 215 Å². The van der Waals surface area contributed by atoms with Crippen LogP contribution in [0.3, 0.4) is 0 Å². The lowest BCUT2D eigenvalue weighted by atomic mass is 9.96. The van der Waals surface area contributed by atoms with E-state index in [9.17, 15) is 59.7 Å². The van der Waals surface area contributed by atoms with Crippen LogP contribution >= 0.6 is 22.0 Å². The molecular formula is C22H5F15OS2. The van der Waals surface area contributed by atoms with Crippen molar-refractivity contribution in [2.24, 2.45) is 0 Å². The van der Waals surface area contributed by atoms with Gasteiger partial charge in [0.25, 0.3) is 0 Å². The summed E-state index contributed by atoms with van der Waals surface area (Å²) in [6, 6.07) is 3.10. The predicted octanol–water partition coefficient (Wildman–Crippen LogP) is 10.4. The van der Waals surface area contributed by atoms with Gasteiger partial charge in [0.1, 0.15) is 5.75 Å². The normalized spacial score (nSPS) is 14.0. The first-order valence-corrected chi connectivity index (χ1v) is 12.6. The lowest BCUT2D eigenvalue weighted by Crippen LogP contribution is -2.15. The number of halogens is 15. The van der Waals surface area contributed by atoms with Crippen molar-refractivity contribution in [2.75, 3.05) is 0 Å². The van der Waals surface area contributed by atoms with E-state index in [1.54, 1.807) is 0 Å². The molecule has 0 saturated heterocycles. The van der Waals surface area contributed by atoms with Crippen LogP contribution in [0.1, 0.15) is 0 Å². The van der Waals surface area contributed by atoms with Crippen LogP contribution in [0.2, 0.25) is 0 Å². The molecule has 216 valence electrons. The number of phenolic OH excluding ortho intramolecular Hbond substituents is 1. The van der Waals surface area contributed by atoms with Gasteiger partial charge in [0.05, 0.1) is 9.79 Å². The minimum atomic E-state index is -11.5. The third-order valence-electron chi connectivity index (χ3n) is 5.28. The van der Waals surface area contributed by atoms with Crippen LogP contribution in [0, 0.1) is 58.2 Å². The van der Waals surface area contributed by atoms with Crippen molar-refractivity contribution in [1.82, 2.24) is 0 Å². The van der Waals surface area contributed by atoms with Gasteiger partial charge in [-0.25, -0.2) is 43.9 Å². The van der Waals surface area contributed by atoms with Crippen molar-refractivity contribution < 1.29 is 68.4 Å². The van der Waals surface area contributed by atoms with Gasteiger partial charge in [-0.2, -0.15) is 0 Å². The van der Waals surface area contributed by atoms with Crippen LogP contribution in [0.4, 0.5) is 63.3 Å². The fourth-order valence-electron chi connectivity index (χ4n) is 3.63. The number of benzene rings is 4. The molecule has 0 radical (unpaired) electrons. The van der Waals surface area contributed by atoms with E-state index in [2.05, 4.69) is 0 Å². The molecule has 4 aromatic rings.